The van der Waals surface area contributed by atoms with Crippen LogP contribution in [0.2, 0.25) is 0 Å². The van der Waals surface area contributed by atoms with Crippen molar-refractivity contribution < 1.29 is 14.3 Å². The van der Waals surface area contributed by atoms with Crippen molar-refractivity contribution in [2.24, 2.45) is 7.05 Å². The zero-order valence-corrected chi connectivity index (χ0v) is 15.3. The van der Waals surface area contributed by atoms with Crippen molar-refractivity contribution in [2.45, 2.75) is 11.6 Å². The molecular weight excluding hydrogens is 368 g/mol. The second-order valence-electron chi connectivity index (χ2n) is 5.88. The number of benzene rings is 1. The van der Waals surface area contributed by atoms with Gasteiger partial charge in [0.1, 0.15) is 5.52 Å². The van der Waals surface area contributed by atoms with Crippen LogP contribution in [0, 0.1) is 0 Å². The minimum Gasteiger partial charge on any atom is -0.454 e. The highest BCUT2D eigenvalue weighted by molar-refractivity contribution is 7.99. The standard InChI is InChI=1S/C18H16N4O4S/c1-22-16-12(3-2-6-19-16)21-17(18(22)24)27-9-15(23)20-8-11-4-5-13-14(7-11)26-10-25-13/h2-7H,8-10H2,1H3,(H,20,23). The molecule has 0 radical (unpaired) electrons. The van der Waals surface area contributed by atoms with Gasteiger partial charge in [-0.25, -0.2) is 9.97 Å². The molecule has 1 aliphatic rings. The quantitative estimate of drug-likeness (QED) is 0.666. The van der Waals surface area contributed by atoms with Crippen molar-refractivity contribution in [3.8, 4) is 11.5 Å². The highest BCUT2D eigenvalue weighted by Gasteiger charge is 2.14. The number of carbonyl (C=O) groups excluding carboxylic acids is 1. The summed E-state index contributed by atoms with van der Waals surface area (Å²) in [7, 11) is 1.64. The number of ether oxygens (including phenoxy) is 2. The van der Waals surface area contributed by atoms with Crippen molar-refractivity contribution in [1.82, 2.24) is 19.9 Å². The Morgan fingerprint density at radius 3 is 3.04 bits per heavy atom. The van der Waals surface area contributed by atoms with E-state index in [0.717, 1.165) is 17.3 Å². The highest BCUT2D eigenvalue weighted by atomic mass is 32.2. The first kappa shape index (κ1) is 17.3. The fraction of sp³-hybridized carbons (Fsp3) is 0.222. The second-order valence-corrected chi connectivity index (χ2v) is 6.84. The summed E-state index contributed by atoms with van der Waals surface area (Å²) in [6, 6.07) is 9.06. The number of fused-ring (bicyclic) bond motifs is 2. The minimum absolute atomic E-state index is 0.0958. The molecule has 0 aliphatic carbocycles. The SMILES string of the molecule is Cn1c(=O)c(SCC(=O)NCc2ccc3c(c2)OCO3)nc2cccnc21. The first-order valence-electron chi connectivity index (χ1n) is 8.21. The van der Waals surface area contributed by atoms with E-state index in [4.69, 9.17) is 9.47 Å². The van der Waals surface area contributed by atoms with E-state index >= 15 is 0 Å². The van der Waals surface area contributed by atoms with Crippen molar-refractivity contribution in [1.29, 1.82) is 0 Å². The summed E-state index contributed by atoms with van der Waals surface area (Å²) in [5.74, 6) is 1.29. The number of hydrogen-bond acceptors (Lipinski definition) is 7. The van der Waals surface area contributed by atoms with E-state index in [1.807, 2.05) is 18.2 Å². The molecule has 0 saturated carbocycles. The fourth-order valence-electron chi connectivity index (χ4n) is 2.66. The molecule has 0 unspecified atom stereocenters. The molecule has 27 heavy (non-hydrogen) atoms. The first-order valence-corrected chi connectivity index (χ1v) is 9.20. The Hall–Kier alpha value is -3.07. The van der Waals surface area contributed by atoms with Gasteiger partial charge in [-0.1, -0.05) is 17.8 Å². The lowest BCUT2D eigenvalue weighted by Gasteiger charge is -2.08. The fourth-order valence-corrected chi connectivity index (χ4v) is 3.45. The van der Waals surface area contributed by atoms with Crippen LogP contribution in [0.15, 0.2) is 46.3 Å². The van der Waals surface area contributed by atoms with Gasteiger partial charge in [0.15, 0.2) is 22.2 Å². The molecule has 3 heterocycles. The molecule has 0 saturated heterocycles. The van der Waals surface area contributed by atoms with E-state index in [1.54, 1.807) is 25.4 Å². The number of aryl methyl sites for hydroxylation is 1. The Balaban J connectivity index is 1.39. The number of hydrogen-bond donors (Lipinski definition) is 1. The van der Waals surface area contributed by atoms with E-state index in [2.05, 4.69) is 15.3 Å². The molecule has 4 rings (SSSR count). The van der Waals surface area contributed by atoms with Gasteiger partial charge in [0, 0.05) is 19.8 Å². The van der Waals surface area contributed by atoms with Gasteiger partial charge in [0.25, 0.3) is 5.56 Å². The maximum atomic E-state index is 12.4. The summed E-state index contributed by atoms with van der Waals surface area (Å²) in [5, 5.41) is 3.10. The van der Waals surface area contributed by atoms with Crippen LogP contribution in [-0.4, -0.2) is 33.0 Å². The number of aromatic nitrogens is 3. The molecule has 0 spiro atoms. The van der Waals surface area contributed by atoms with Crippen LogP contribution in [0.5, 0.6) is 11.5 Å². The molecule has 2 aromatic heterocycles. The average Bonchev–Trinajstić information content (AvgIpc) is 3.16. The molecular formula is C18H16N4O4S. The number of pyridine rings is 1. The molecule has 8 nitrogen and oxygen atoms in total. The van der Waals surface area contributed by atoms with Crippen molar-refractivity contribution in [2.75, 3.05) is 12.5 Å². The monoisotopic (exact) mass is 384 g/mol. The molecule has 1 aliphatic heterocycles. The summed E-state index contributed by atoms with van der Waals surface area (Å²) in [4.78, 5) is 33.0. The minimum atomic E-state index is -0.269. The predicted octanol–water partition coefficient (Wildman–Crippen LogP) is 1.47. The zero-order chi connectivity index (χ0) is 18.8. The largest absolute Gasteiger partial charge is 0.454 e. The number of carbonyl (C=O) groups is 1. The molecule has 138 valence electrons. The first-order chi connectivity index (χ1) is 13.1. The molecule has 9 heteroatoms. The van der Waals surface area contributed by atoms with Gasteiger partial charge in [-0.05, 0) is 29.8 Å². The van der Waals surface area contributed by atoms with E-state index in [1.165, 1.54) is 4.57 Å². The summed E-state index contributed by atoms with van der Waals surface area (Å²) in [6.07, 6.45) is 1.61. The predicted molar refractivity (Wildman–Crippen MR) is 99.9 cm³/mol. The molecule has 0 bridgehead atoms. The Morgan fingerprint density at radius 1 is 1.30 bits per heavy atom. The zero-order valence-electron chi connectivity index (χ0n) is 14.5. The van der Waals surface area contributed by atoms with Gasteiger partial charge in [-0.3, -0.25) is 14.2 Å². The van der Waals surface area contributed by atoms with Gasteiger partial charge in [0.2, 0.25) is 12.7 Å². The third-order valence-corrected chi connectivity index (χ3v) is 5.01. The lowest BCUT2D eigenvalue weighted by Crippen LogP contribution is -2.26. The van der Waals surface area contributed by atoms with Gasteiger partial charge in [0.05, 0.1) is 5.75 Å². The lowest BCUT2D eigenvalue weighted by atomic mass is 10.2. The number of rotatable bonds is 5. The second kappa shape index (κ2) is 7.28. The maximum Gasteiger partial charge on any atom is 0.284 e. The van der Waals surface area contributed by atoms with Crippen molar-refractivity contribution in [3.63, 3.8) is 0 Å². The Morgan fingerprint density at radius 2 is 2.15 bits per heavy atom. The molecule has 0 atom stereocenters. The third-order valence-electron chi connectivity index (χ3n) is 4.06. The molecule has 3 aromatic rings. The van der Waals surface area contributed by atoms with Crippen LogP contribution in [0.1, 0.15) is 5.56 Å². The van der Waals surface area contributed by atoms with Crippen LogP contribution >= 0.6 is 11.8 Å². The van der Waals surface area contributed by atoms with Crippen LogP contribution in [-0.2, 0) is 18.4 Å². The average molecular weight is 384 g/mol. The van der Waals surface area contributed by atoms with Crippen molar-refractivity contribution >= 4 is 28.8 Å². The van der Waals surface area contributed by atoms with Gasteiger partial charge >= 0.3 is 0 Å². The van der Waals surface area contributed by atoms with Gasteiger partial charge in [-0.2, -0.15) is 0 Å². The van der Waals surface area contributed by atoms with Crippen LogP contribution in [0.3, 0.4) is 0 Å². The summed E-state index contributed by atoms with van der Waals surface area (Å²) in [5.41, 5.74) is 1.76. The van der Waals surface area contributed by atoms with Crippen LogP contribution < -0.4 is 20.3 Å². The molecule has 0 fully saturated rings. The van der Waals surface area contributed by atoms with E-state index in [9.17, 15) is 9.59 Å². The van der Waals surface area contributed by atoms with Gasteiger partial charge < -0.3 is 14.8 Å². The van der Waals surface area contributed by atoms with E-state index < -0.39 is 0 Å². The number of nitrogens with one attached hydrogen (secondary N) is 1. The summed E-state index contributed by atoms with van der Waals surface area (Å²) >= 11 is 1.11. The maximum absolute atomic E-state index is 12.4. The number of thioether (sulfide) groups is 1. The normalized spacial score (nSPS) is 12.3. The number of amides is 1. The Labute approximate surface area is 158 Å². The Bertz CT molecular complexity index is 1080. The van der Waals surface area contributed by atoms with Gasteiger partial charge in [-0.15, -0.1) is 0 Å². The third kappa shape index (κ3) is 3.59. The highest BCUT2D eigenvalue weighted by Crippen LogP contribution is 2.32. The summed E-state index contributed by atoms with van der Waals surface area (Å²) in [6.45, 7) is 0.578. The van der Waals surface area contributed by atoms with E-state index in [0.29, 0.717) is 29.2 Å². The Kier molecular flexibility index (Phi) is 4.68. The van der Waals surface area contributed by atoms with Crippen molar-refractivity contribution in [3.05, 3.63) is 52.4 Å². The molecule has 1 aromatic carbocycles. The van der Waals surface area contributed by atoms with Crippen LogP contribution in [0.4, 0.5) is 0 Å². The molecule has 1 amide bonds. The smallest absolute Gasteiger partial charge is 0.284 e. The lowest BCUT2D eigenvalue weighted by molar-refractivity contribution is -0.118. The van der Waals surface area contributed by atoms with E-state index in [-0.39, 0.29) is 29.0 Å². The van der Waals surface area contributed by atoms with Crippen LogP contribution in [0.25, 0.3) is 11.2 Å². The molecule has 1 N–H and O–H groups in total. The topological polar surface area (TPSA) is 95.3 Å². The summed E-state index contributed by atoms with van der Waals surface area (Å²) < 4.78 is 12.0. The number of nitrogens with zero attached hydrogens (tertiary/aromatic N) is 3.